The van der Waals surface area contributed by atoms with Gasteiger partial charge in [-0.2, -0.15) is 10.2 Å². The summed E-state index contributed by atoms with van der Waals surface area (Å²) < 4.78 is 8.27. The van der Waals surface area contributed by atoms with Gasteiger partial charge in [-0.25, -0.2) is 14.3 Å². The summed E-state index contributed by atoms with van der Waals surface area (Å²) in [6, 6.07) is 18.8. The Hall–Kier alpha value is -5.06. The number of H-pyrrole nitrogens is 1. The number of hydrogen-bond acceptors (Lipinski definition) is 7. The molecule has 35 heavy (non-hydrogen) atoms. The molecule has 0 fully saturated rings. The van der Waals surface area contributed by atoms with Gasteiger partial charge < -0.3 is 15.0 Å². The highest BCUT2D eigenvalue weighted by atomic mass is 16.5. The van der Waals surface area contributed by atoms with E-state index in [2.05, 4.69) is 25.5 Å². The second kappa shape index (κ2) is 9.43. The van der Waals surface area contributed by atoms with E-state index >= 15 is 0 Å². The fourth-order valence-corrected chi connectivity index (χ4v) is 3.48. The minimum absolute atomic E-state index is 0.0546. The Labute approximate surface area is 197 Å². The first-order chi connectivity index (χ1) is 17.1. The van der Waals surface area contributed by atoms with Crippen molar-refractivity contribution >= 4 is 22.6 Å². The van der Waals surface area contributed by atoms with Crippen LogP contribution in [0, 0.1) is 0 Å². The third kappa shape index (κ3) is 4.55. The molecule has 5 aromatic rings. The van der Waals surface area contributed by atoms with Crippen LogP contribution in [0.2, 0.25) is 0 Å². The number of benzene rings is 2. The number of nitrogens with zero attached hydrogens (tertiary/aromatic N) is 5. The average Bonchev–Trinajstić information content (AvgIpc) is 3.31. The van der Waals surface area contributed by atoms with Gasteiger partial charge >= 0.3 is 0 Å². The number of aromatic nitrogens is 6. The van der Waals surface area contributed by atoms with Gasteiger partial charge in [0, 0.05) is 6.07 Å². The van der Waals surface area contributed by atoms with Crippen molar-refractivity contribution in [2.45, 2.75) is 6.54 Å². The topological polar surface area (TPSA) is 137 Å². The van der Waals surface area contributed by atoms with Crippen LogP contribution in [0.4, 0.5) is 5.69 Å². The summed E-state index contributed by atoms with van der Waals surface area (Å²) in [6.45, 7) is 0.383. The molecule has 0 saturated heterocycles. The van der Waals surface area contributed by atoms with Gasteiger partial charge in [-0.3, -0.25) is 14.4 Å². The maximum Gasteiger partial charge on any atom is 0.276 e. The Balaban J connectivity index is 1.37. The van der Waals surface area contributed by atoms with Crippen LogP contribution < -0.4 is 21.2 Å². The maximum atomic E-state index is 13.0. The van der Waals surface area contributed by atoms with Gasteiger partial charge in [0.15, 0.2) is 5.65 Å². The standard InChI is InChI=1S/C24H19N7O4/c32-21-11-10-19(29-30(21)12-13-35-16-6-2-1-3-7-16)24(34)28-18-8-4-5-9-20(18)31-22-17(14-27-31)23(33)26-15-25-22/h1-11,14-15H,12-13H2,(H,28,34)(H,25,26,33). The number of anilines is 1. The first-order valence-electron chi connectivity index (χ1n) is 10.7. The zero-order valence-electron chi connectivity index (χ0n) is 18.3. The molecular formula is C24H19N7O4. The molecule has 0 saturated carbocycles. The smallest absolute Gasteiger partial charge is 0.276 e. The predicted octanol–water partition coefficient (Wildman–Crippen LogP) is 2.00. The summed E-state index contributed by atoms with van der Waals surface area (Å²) in [5.74, 6) is 0.158. The first-order valence-corrected chi connectivity index (χ1v) is 10.7. The molecule has 11 heteroatoms. The largest absolute Gasteiger partial charge is 0.492 e. The molecule has 5 rings (SSSR count). The highest BCUT2D eigenvalue weighted by molar-refractivity contribution is 6.04. The van der Waals surface area contributed by atoms with Gasteiger partial charge in [0.25, 0.3) is 17.0 Å². The minimum atomic E-state index is -0.516. The van der Waals surface area contributed by atoms with Crippen LogP contribution in [0.5, 0.6) is 5.75 Å². The van der Waals surface area contributed by atoms with Crippen molar-refractivity contribution in [3.63, 3.8) is 0 Å². The van der Waals surface area contributed by atoms with E-state index in [0.717, 1.165) is 0 Å². The van der Waals surface area contributed by atoms with Gasteiger partial charge in [0.1, 0.15) is 23.4 Å². The van der Waals surface area contributed by atoms with Crippen molar-refractivity contribution in [1.29, 1.82) is 0 Å². The normalized spacial score (nSPS) is 10.9. The summed E-state index contributed by atoms with van der Waals surface area (Å²) in [4.78, 5) is 43.9. The predicted molar refractivity (Wildman–Crippen MR) is 128 cm³/mol. The van der Waals surface area contributed by atoms with Gasteiger partial charge in [0.2, 0.25) is 0 Å². The minimum Gasteiger partial charge on any atom is -0.492 e. The summed E-state index contributed by atoms with van der Waals surface area (Å²) >= 11 is 0. The van der Waals surface area contributed by atoms with E-state index in [4.69, 9.17) is 4.74 Å². The van der Waals surface area contributed by atoms with Crippen LogP contribution in [0.25, 0.3) is 16.7 Å². The molecule has 2 N–H and O–H groups in total. The average molecular weight is 469 g/mol. The number of fused-ring (bicyclic) bond motifs is 1. The van der Waals surface area contributed by atoms with E-state index in [0.29, 0.717) is 28.2 Å². The molecule has 0 unspecified atom stereocenters. The number of rotatable bonds is 7. The molecule has 2 aromatic carbocycles. The van der Waals surface area contributed by atoms with E-state index in [1.807, 2.05) is 30.3 Å². The lowest BCUT2D eigenvalue weighted by Crippen LogP contribution is -2.28. The molecule has 1 amide bonds. The number of hydrogen-bond donors (Lipinski definition) is 2. The Bertz CT molecular complexity index is 1620. The molecule has 11 nitrogen and oxygen atoms in total. The number of carbonyl (C=O) groups is 1. The Morgan fingerprint density at radius 2 is 1.80 bits per heavy atom. The van der Waals surface area contributed by atoms with E-state index in [1.165, 1.54) is 34.0 Å². The van der Waals surface area contributed by atoms with Gasteiger partial charge in [-0.05, 0) is 30.3 Å². The lowest BCUT2D eigenvalue weighted by molar-refractivity contribution is 0.101. The Morgan fingerprint density at radius 1 is 1.00 bits per heavy atom. The van der Waals surface area contributed by atoms with Crippen LogP contribution in [0.3, 0.4) is 0 Å². The van der Waals surface area contributed by atoms with Crippen LogP contribution >= 0.6 is 0 Å². The zero-order valence-corrected chi connectivity index (χ0v) is 18.3. The van der Waals surface area contributed by atoms with Crippen LogP contribution in [0.15, 0.2) is 88.8 Å². The number of amides is 1. The molecule has 0 aliphatic rings. The lowest BCUT2D eigenvalue weighted by Gasteiger charge is -2.12. The van der Waals surface area contributed by atoms with Crippen molar-refractivity contribution in [2.75, 3.05) is 11.9 Å². The van der Waals surface area contributed by atoms with Crippen molar-refractivity contribution < 1.29 is 9.53 Å². The van der Waals surface area contributed by atoms with Crippen molar-refractivity contribution in [2.24, 2.45) is 0 Å². The maximum absolute atomic E-state index is 13.0. The van der Waals surface area contributed by atoms with Gasteiger partial charge in [-0.1, -0.05) is 30.3 Å². The van der Waals surface area contributed by atoms with Crippen molar-refractivity contribution in [3.8, 4) is 11.4 Å². The summed E-state index contributed by atoms with van der Waals surface area (Å²) in [7, 11) is 0. The summed E-state index contributed by atoms with van der Waals surface area (Å²) in [6.07, 6.45) is 2.70. The number of para-hydroxylation sites is 3. The second-order valence-corrected chi connectivity index (χ2v) is 7.44. The van der Waals surface area contributed by atoms with Gasteiger partial charge in [-0.15, -0.1) is 0 Å². The number of nitrogens with one attached hydrogen (secondary N) is 2. The van der Waals surface area contributed by atoms with Gasteiger partial charge in [0.05, 0.1) is 30.4 Å². The number of aromatic amines is 1. The highest BCUT2D eigenvalue weighted by Gasteiger charge is 2.16. The van der Waals surface area contributed by atoms with E-state index in [9.17, 15) is 14.4 Å². The molecule has 174 valence electrons. The quantitative estimate of drug-likeness (QED) is 0.372. The molecule has 0 spiro atoms. The van der Waals surface area contributed by atoms with Crippen LogP contribution in [-0.2, 0) is 6.54 Å². The Morgan fingerprint density at radius 3 is 2.66 bits per heavy atom. The van der Waals surface area contributed by atoms with Crippen LogP contribution in [-0.4, -0.2) is 42.0 Å². The fourth-order valence-electron chi connectivity index (χ4n) is 3.48. The number of carbonyl (C=O) groups excluding carboxylic acids is 1. The van der Waals surface area contributed by atoms with E-state index < -0.39 is 5.91 Å². The molecular weight excluding hydrogens is 450 g/mol. The third-order valence-corrected chi connectivity index (χ3v) is 5.17. The SMILES string of the molecule is O=C(Nc1ccccc1-n1ncc2c(=O)[nH]cnc21)c1ccc(=O)n(CCOc2ccccc2)n1. The van der Waals surface area contributed by atoms with Crippen molar-refractivity contribution in [1.82, 2.24) is 29.5 Å². The molecule has 3 aromatic heterocycles. The fraction of sp³-hybridized carbons (Fsp3) is 0.0833. The first kappa shape index (κ1) is 21.8. The molecule has 0 atom stereocenters. The van der Waals surface area contributed by atoms with Crippen LogP contribution in [0.1, 0.15) is 10.5 Å². The second-order valence-electron chi connectivity index (χ2n) is 7.44. The zero-order chi connectivity index (χ0) is 24.2. The number of ether oxygens (including phenoxy) is 1. The summed E-state index contributed by atoms with van der Waals surface area (Å²) in [5, 5.41) is 11.6. The third-order valence-electron chi connectivity index (χ3n) is 5.17. The molecule has 0 radical (unpaired) electrons. The van der Waals surface area contributed by atoms with E-state index in [-0.39, 0.29) is 30.0 Å². The monoisotopic (exact) mass is 469 g/mol. The molecule has 0 aliphatic heterocycles. The Kier molecular flexibility index (Phi) is 5.87. The molecule has 0 aliphatic carbocycles. The van der Waals surface area contributed by atoms with E-state index in [1.54, 1.807) is 24.3 Å². The summed E-state index contributed by atoms with van der Waals surface area (Å²) in [5.41, 5.74) is 0.679. The molecule has 0 bridgehead atoms. The highest BCUT2D eigenvalue weighted by Crippen LogP contribution is 2.22. The van der Waals surface area contributed by atoms with Crippen molar-refractivity contribution in [3.05, 3.63) is 106 Å². The lowest BCUT2D eigenvalue weighted by atomic mass is 10.2. The molecule has 3 heterocycles.